The first kappa shape index (κ1) is 10.6. The zero-order valence-electron chi connectivity index (χ0n) is 6.63. The molecule has 0 saturated heterocycles. The van der Waals surface area contributed by atoms with Crippen LogP contribution in [0.25, 0.3) is 0 Å². The number of alkyl halides is 4. The maximum Gasteiger partial charge on any atom is 0.166 e. The van der Waals surface area contributed by atoms with Gasteiger partial charge in [-0.25, -0.2) is 0 Å². The molecule has 0 nitrogen and oxygen atoms in total. The quantitative estimate of drug-likeness (QED) is 0.579. The molecule has 2 saturated carbocycles. The number of allylic oxidation sites excluding steroid dienone is 2. The smallest absolute Gasteiger partial charge is 0.109 e. The molecule has 0 aromatic rings. The van der Waals surface area contributed by atoms with E-state index in [9.17, 15) is 0 Å². The van der Waals surface area contributed by atoms with Gasteiger partial charge in [-0.15, -0.1) is 23.2 Å². The van der Waals surface area contributed by atoms with Crippen LogP contribution in [0.15, 0.2) is 10.1 Å². The van der Waals surface area contributed by atoms with Gasteiger partial charge in [-0.3, -0.25) is 0 Å². The molecule has 6 heteroatoms. The highest BCUT2D eigenvalue weighted by Gasteiger charge is 2.87. The molecule has 3 aliphatic carbocycles. The van der Waals surface area contributed by atoms with Gasteiger partial charge < -0.3 is 0 Å². The fourth-order valence-corrected chi connectivity index (χ4v) is 5.83. The summed E-state index contributed by atoms with van der Waals surface area (Å²) in [6, 6.07) is 0. The molecule has 0 aliphatic heterocycles. The van der Waals surface area contributed by atoms with Gasteiger partial charge in [0.25, 0.3) is 0 Å². The average Bonchev–Trinajstić information content (AvgIpc) is 2.85. The zero-order valence-corrected chi connectivity index (χ0v) is 11.2. The topological polar surface area (TPSA) is 0 Å². The van der Waals surface area contributed by atoms with Gasteiger partial charge in [0.15, 0.2) is 4.33 Å². The van der Waals surface area contributed by atoms with Gasteiger partial charge >= 0.3 is 0 Å². The van der Waals surface area contributed by atoms with Crippen LogP contribution in [0.4, 0.5) is 0 Å². The lowest BCUT2D eigenvalue weighted by molar-refractivity contribution is 0.577. The van der Waals surface area contributed by atoms with E-state index in [1.807, 2.05) is 0 Å². The fourth-order valence-electron chi connectivity index (χ4n) is 2.73. The van der Waals surface area contributed by atoms with E-state index in [0.29, 0.717) is 10.1 Å². The van der Waals surface area contributed by atoms with Gasteiger partial charge in [0.05, 0.1) is 10.1 Å². The molecule has 0 N–H and O–H groups in total. The fraction of sp³-hybridized carbons (Fsp3) is 0.750. The molecular formula is C8H4Cl6. The summed E-state index contributed by atoms with van der Waals surface area (Å²) in [5.74, 6) is 0.318. The normalized spacial score (nSPS) is 57.9. The highest BCUT2D eigenvalue weighted by molar-refractivity contribution is 6.66. The molecule has 3 aliphatic rings. The Balaban J connectivity index is 2.32. The minimum absolute atomic E-state index is 0.159. The van der Waals surface area contributed by atoms with E-state index in [1.54, 1.807) is 0 Å². The largest absolute Gasteiger partial charge is 0.166 e. The predicted molar refractivity (Wildman–Crippen MR) is 61.9 cm³/mol. The van der Waals surface area contributed by atoms with Crippen molar-refractivity contribution in [3.63, 3.8) is 0 Å². The third kappa shape index (κ3) is 0.734. The van der Waals surface area contributed by atoms with Crippen LogP contribution >= 0.6 is 69.6 Å². The van der Waals surface area contributed by atoms with E-state index in [1.165, 1.54) is 0 Å². The molecule has 2 bridgehead atoms. The van der Waals surface area contributed by atoms with E-state index < -0.39 is 14.1 Å². The minimum Gasteiger partial charge on any atom is -0.109 e. The number of rotatable bonds is 0. The Labute approximate surface area is 111 Å². The summed E-state index contributed by atoms with van der Waals surface area (Å²) in [6.45, 7) is 0. The molecule has 78 valence electrons. The van der Waals surface area contributed by atoms with Crippen LogP contribution in [-0.4, -0.2) is 14.1 Å². The molecule has 0 spiro atoms. The molecule has 0 unspecified atom stereocenters. The van der Waals surface area contributed by atoms with Crippen molar-refractivity contribution in [2.24, 2.45) is 11.8 Å². The Morgan fingerprint density at radius 1 is 0.857 bits per heavy atom. The van der Waals surface area contributed by atoms with Gasteiger partial charge in [0, 0.05) is 0 Å². The van der Waals surface area contributed by atoms with Crippen molar-refractivity contribution in [2.45, 2.75) is 20.5 Å². The van der Waals surface area contributed by atoms with Gasteiger partial charge in [-0.05, 0) is 18.3 Å². The average molecular weight is 313 g/mol. The molecule has 0 aromatic carbocycles. The third-order valence-corrected chi connectivity index (χ3v) is 7.91. The Bertz CT molecular complexity index is 342. The molecular weight excluding hydrogens is 309 g/mol. The Hall–Kier alpha value is 1.48. The van der Waals surface area contributed by atoms with Gasteiger partial charge in [-0.1, -0.05) is 46.4 Å². The minimum atomic E-state index is -1.30. The molecule has 4 atom stereocenters. The van der Waals surface area contributed by atoms with E-state index in [4.69, 9.17) is 69.6 Å². The second-order valence-corrected chi connectivity index (χ2v) is 7.35. The second-order valence-electron chi connectivity index (χ2n) is 4.07. The lowest BCUT2D eigenvalue weighted by Crippen LogP contribution is -2.46. The summed E-state index contributed by atoms with van der Waals surface area (Å²) in [6.07, 6.45) is 0.890. The SMILES string of the molecule is ClC1=C(Cl)[C@]2(Cl)[C@@H]3C[C@@H]3[C@@]1(Cl)C2(Cl)Cl. The summed E-state index contributed by atoms with van der Waals surface area (Å²) < 4.78 is -1.30. The van der Waals surface area contributed by atoms with E-state index >= 15 is 0 Å². The van der Waals surface area contributed by atoms with Crippen LogP contribution in [-0.2, 0) is 0 Å². The first-order valence-corrected chi connectivity index (χ1v) is 6.38. The molecule has 14 heavy (non-hydrogen) atoms. The summed E-state index contributed by atoms with van der Waals surface area (Å²) in [7, 11) is 0. The molecule has 0 heterocycles. The highest BCUT2D eigenvalue weighted by atomic mass is 35.5. The summed E-state index contributed by atoms with van der Waals surface area (Å²) in [5.41, 5.74) is 0. The predicted octanol–water partition coefficient (Wildman–Crippen LogP) is 4.47. The molecule has 2 fully saturated rings. The van der Waals surface area contributed by atoms with Gasteiger partial charge in [-0.2, -0.15) is 0 Å². The Morgan fingerprint density at radius 2 is 1.21 bits per heavy atom. The number of hydrogen-bond acceptors (Lipinski definition) is 0. The van der Waals surface area contributed by atoms with Gasteiger partial charge in [0.2, 0.25) is 0 Å². The van der Waals surface area contributed by atoms with Crippen LogP contribution in [0.1, 0.15) is 6.42 Å². The van der Waals surface area contributed by atoms with Crippen molar-refractivity contribution >= 4 is 69.6 Å². The molecule has 0 aromatic heterocycles. The Morgan fingerprint density at radius 3 is 1.50 bits per heavy atom. The highest BCUT2D eigenvalue weighted by Crippen LogP contribution is 2.83. The first-order chi connectivity index (χ1) is 6.29. The van der Waals surface area contributed by atoms with E-state index in [-0.39, 0.29) is 11.8 Å². The van der Waals surface area contributed by atoms with Crippen LogP contribution in [0, 0.1) is 11.8 Å². The van der Waals surface area contributed by atoms with Crippen molar-refractivity contribution in [3.8, 4) is 0 Å². The second kappa shape index (κ2) is 2.49. The summed E-state index contributed by atoms with van der Waals surface area (Å²) in [4.78, 5) is -1.97. The summed E-state index contributed by atoms with van der Waals surface area (Å²) >= 11 is 37.3. The molecule has 0 amide bonds. The van der Waals surface area contributed by atoms with Crippen LogP contribution < -0.4 is 0 Å². The lowest BCUT2D eigenvalue weighted by Gasteiger charge is -2.34. The van der Waals surface area contributed by atoms with Crippen molar-refractivity contribution in [1.82, 2.24) is 0 Å². The summed E-state index contributed by atoms with van der Waals surface area (Å²) in [5, 5.41) is 0.638. The van der Waals surface area contributed by atoms with Crippen molar-refractivity contribution < 1.29 is 0 Å². The monoisotopic (exact) mass is 310 g/mol. The number of halogens is 6. The number of hydrogen-bond donors (Lipinski definition) is 0. The van der Waals surface area contributed by atoms with Gasteiger partial charge in [0.1, 0.15) is 9.75 Å². The van der Waals surface area contributed by atoms with E-state index in [2.05, 4.69) is 0 Å². The third-order valence-electron chi connectivity index (χ3n) is 3.56. The standard InChI is InChI=1S/C8H4Cl6/c9-4-5(10)7(12)3-1-2(3)6(4,11)8(7,13)14/h2-3H,1H2/t2-,3+,6-,7+. The van der Waals surface area contributed by atoms with Crippen LogP contribution in [0.5, 0.6) is 0 Å². The molecule has 0 radical (unpaired) electrons. The van der Waals surface area contributed by atoms with E-state index in [0.717, 1.165) is 6.42 Å². The number of fused-ring (bicyclic) bond motifs is 5. The van der Waals surface area contributed by atoms with Crippen molar-refractivity contribution in [3.05, 3.63) is 10.1 Å². The maximum atomic E-state index is 6.39. The van der Waals surface area contributed by atoms with Crippen molar-refractivity contribution in [1.29, 1.82) is 0 Å². The first-order valence-electron chi connectivity index (χ1n) is 4.11. The lowest BCUT2D eigenvalue weighted by atomic mass is 10.0. The molecule has 3 rings (SSSR count). The van der Waals surface area contributed by atoms with Crippen molar-refractivity contribution in [2.75, 3.05) is 0 Å². The maximum absolute atomic E-state index is 6.39. The van der Waals surface area contributed by atoms with Crippen LogP contribution in [0.3, 0.4) is 0 Å². The Kier molecular flexibility index (Phi) is 1.89. The van der Waals surface area contributed by atoms with Crippen LogP contribution in [0.2, 0.25) is 0 Å². The zero-order chi connectivity index (χ0) is 10.5.